The number of carbonyl (C=O) groups is 3. The van der Waals surface area contributed by atoms with Gasteiger partial charge < -0.3 is 19.8 Å². The molecule has 30 heavy (non-hydrogen) atoms. The molecule has 0 aliphatic carbocycles. The largest absolute Gasteiger partial charge is 0.459 e. The SMILES string of the molecule is Cc1[nH]c(C(=O)OCC(=O)Nc2ccc(SC(F)F)cc2)c(C)c1C(=O)OC(C)C. The van der Waals surface area contributed by atoms with Gasteiger partial charge in [-0.15, -0.1) is 0 Å². The Balaban J connectivity index is 1.95. The second kappa shape index (κ2) is 10.2. The van der Waals surface area contributed by atoms with Gasteiger partial charge in [-0.3, -0.25) is 4.79 Å². The molecule has 0 saturated carbocycles. The molecule has 0 saturated heterocycles. The Morgan fingerprint density at radius 1 is 1.10 bits per heavy atom. The minimum atomic E-state index is -2.53. The highest BCUT2D eigenvalue weighted by Gasteiger charge is 2.24. The van der Waals surface area contributed by atoms with Gasteiger partial charge >= 0.3 is 11.9 Å². The second-order valence-corrected chi connectivity index (χ2v) is 7.67. The average molecular weight is 440 g/mol. The van der Waals surface area contributed by atoms with Gasteiger partial charge in [0.25, 0.3) is 11.7 Å². The molecule has 2 rings (SSSR count). The number of thioether (sulfide) groups is 1. The minimum Gasteiger partial charge on any atom is -0.459 e. The van der Waals surface area contributed by atoms with Gasteiger partial charge in [-0.1, -0.05) is 11.8 Å². The van der Waals surface area contributed by atoms with E-state index in [-0.39, 0.29) is 17.4 Å². The van der Waals surface area contributed by atoms with Crippen LogP contribution in [-0.4, -0.2) is 41.3 Å². The molecule has 0 radical (unpaired) electrons. The van der Waals surface area contributed by atoms with Crippen LogP contribution in [0.4, 0.5) is 14.5 Å². The Kier molecular flexibility index (Phi) is 7.99. The fraction of sp³-hybridized carbons (Fsp3) is 0.350. The third-order valence-electron chi connectivity index (χ3n) is 3.89. The van der Waals surface area contributed by atoms with Crippen LogP contribution in [0.2, 0.25) is 0 Å². The number of esters is 2. The Morgan fingerprint density at radius 3 is 2.30 bits per heavy atom. The lowest BCUT2D eigenvalue weighted by Gasteiger charge is -2.08. The van der Waals surface area contributed by atoms with E-state index in [1.165, 1.54) is 24.3 Å². The second-order valence-electron chi connectivity index (χ2n) is 6.61. The quantitative estimate of drug-likeness (QED) is 0.469. The number of hydrogen-bond donors (Lipinski definition) is 2. The van der Waals surface area contributed by atoms with Crippen molar-refractivity contribution in [1.29, 1.82) is 0 Å². The highest BCUT2D eigenvalue weighted by Crippen LogP contribution is 2.26. The van der Waals surface area contributed by atoms with Gasteiger partial charge in [0.1, 0.15) is 5.69 Å². The molecule has 2 N–H and O–H groups in total. The molecular weight excluding hydrogens is 418 g/mol. The molecule has 1 aromatic heterocycles. The van der Waals surface area contributed by atoms with Crippen LogP contribution in [0.15, 0.2) is 29.2 Å². The van der Waals surface area contributed by atoms with Crippen molar-refractivity contribution in [2.45, 2.75) is 44.5 Å². The van der Waals surface area contributed by atoms with E-state index in [4.69, 9.17) is 9.47 Å². The lowest BCUT2D eigenvalue weighted by atomic mass is 10.1. The standard InChI is InChI=1S/C20H22F2N2O5S/c1-10(2)29-18(26)16-11(3)17(23-12(16)4)19(27)28-9-15(25)24-13-5-7-14(8-6-13)30-20(21)22/h5-8,10,20,23H,9H2,1-4H3,(H,24,25). The topological polar surface area (TPSA) is 97.5 Å². The summed E-state index contributed by atoms with van der Waals surface area (Å²) >= 11 is 0.395. The maximum atomic E-state index is 12.3. The first kappa shape index (κ1) is 23.4. The van der Waals surface area contributed by atoms with Gasteiger partial charge in [0.05, 0.1) is 11.7 Å². The van der Waals surface area contributed by atoms with Gasteiger partial charge in [-0.05, 0) is 57.5 Å². The van der Waals surface area contributed by atoms with E-state index in [0.717, 1.165) is 0 Å². The number of rotatable bonds is 8. The van der Waals surface area contributed by atoms with E-state index in [2.05, 4.69) is 10.3 Å². The summed E-state index contributed by atoms with van der Waals surface area (Å²) in [5.41, 5.74) is 1.51. The number of benzene rings is 1. The van der Waals surface area contributed by atoms with Crippen LogP contribution >= 0.6 is 11.8 Å². The predicted molar refractivity (Wildman–Crippen MR) is 108 cm³/mol. The molecule has 1 heterocycles. The Morgan fingerprint density at radius 2 is 1.73 bits per heavy atom. The zero-order valence-electron chi connectivity index (χ0n) is 16.9. The summed E-state index contributed by atoms with van der Waals surface area (Å²) in [6.45, 7) is 6.08. The van der Waals surface area contributed by atoms with Crippen molar-refractivity contribution in [1.82, 2.24) is 4.98 Å². The van der Waals surface area contributed by atoms with E-state index in [9.17, 15) is 23.2 Å². The van der Waals surface area contributed by atoms with Crippen LogP contribution in [0, 0.1) is 13.8 Å². The van der Waals surface area contributed by atoms with Gasteiger partial charge in [0.15, 0.2) is 6.61 Å². The van der Waals surface area contributed by atoms with Crippen LogP contribution in [0.5, 0.6) is 0 Å². The van der Waals surface area contributed by atoms with Gasteiger partial charge in [-0.25, -0.2) is 9.59 Å². The molecule has 0 fully saturated rings. The smallest absolute Gasteiger partial charge is 0.355 e. The molecule has 2 aromatic rings. The molecule has 162 valence electrons. The number of alkyl halides is 2. The summed E-state index contributed by atoms with van der Waals surface area (Å²) < 4.78 is 34.8. The van der Waals surface area contributed by atoms with E-state index in [1.54, 1.807) is 27.7 Å². The fourth-order valence-corrected chi connectivity index (χ4v) is 3.15. The Hall–Kier alpha value is -2.88. The van der Waals surface area contributed by atoms with Crippen LogP contribution in [0.1, 0.15) is 46.0 Å². The maximum Gasteiger partial charge on any atom is 0.355 e. The summed E-state index contributed by atoms with van der Waals surface area (Å²) in [5, 5.41) is 2.50. The molecule has 0 atom stereocenters. The lowest BCUT2D eigenvalue weighted by Crippen LogP contribution is -2.21. The van der Waals surface area contributed by atoms with Crippen molar-refractivity contribution in [2.75, 3.05) is 11.9 Å². The molecule has 0 unspecified atom stereocenters. The summed E-state index contributed by atoms with van der Waals surface area (Å²) in [4.78, 5) is 39.7. The van der Waals surface area contributed by atoms with Gasteiger partial charge in [-0.2, -0.15) is 8.78 Å². The van der Waals surface area contributed by atoms with Crippen LogP contribution in [0.25, 0.3) is 0 Å². The summed E-state index contributed by atoms with van der Waals surface area (Å²) in [5.74, 6) is -4.48. The molecule has 0 bridgehead atoms. The number of halogens is 2. The number of H-pyrrole nitrogens is 1. The molecule has 1 aromatic carbocycles. The van der Waals surface area contributed by atoms with Crippen LogP contribution in [0.3, 0.4) is 0 Å². The van der Waals surface area contributed by atoms with Gasteiger partial charge in [0, 0.05) is 16.3 Å². The van der Waals surface area contributed by atoms with E-state index in [0.29, 0.717) is 33.6 Å². The molecular formula is C20H22F2N2O5S. The number of aromatic amines is 1. The summed E-state index contributed by atoms with van der Waals surface area (Å²) in [7, 11) is 0. The fourth-order valence-electron chi connectivity index (χ4n) is 2.65. The molecule has 0 aliphatic heterocycles. The number of hydrogen-bond acceptors (Lipinski definition) is 6. The van der Waals surface area contributed by atoms with Crippen molar-refractivity contribution >= 4 is 35.3 Å². The number of amides is 1. The van der Waals surface area contributed by atoms with Crippen molar-refractivity contribution < 1.29 is 32.6 Å². The van der Waals surface area contributed by atoms with E-state index >= 15 is 0 Å². The monoisotopic (exact) mass is 440 g/mol. The van der Waals surface area contributed by atoms with Gasteiger partial charge in [0.2, 0.25) is 0 Å². The highest BCUT2D eigenvalue weighted by molar-refractivity contribution is 7.99. The Bertz CT molecular complexity index is 926. The summed E-state index contributed by atoms with van der Waals surface area (Å²) in [6.07, 6.45) is -0.312. The van der Waals surface area contributed by atoms with Crippen LogP contribution in [-0.2, 0) is 14.3 Å². The average Bonchev–Trinajstić information content (AvgIpc) is 2.94. The number of aromatic nitrogens is 1. The number of ether oxygens (including phenoxy) is 2. The Labute approximate surface area is 176 Å². The lowest BCUT2D eigenvalue weighted by molar-refractivity contribution is -0.119. The highest BCUT2D eigenvalue weighted by atomic mass is 32.2. The maximum absolute atomic E-state index is 12.3. The van der Waals surface area contributed by atoms with Crippen LogP contribution < -0.4 is 5.32 Å². The van der Waals surface area contributed by atoms with Crippen molar-refractivity contribution in [2.24, 2.45) is 0 Å². The normalized spacial score (nSPS) is 10.9. The number of carbonyl (C=O) groups excluding carboxylic acids is 3. The molecule has 0 aliphatic rings. The van der Waals surface area contributed by atoms with E-state index in [1.807, 2.05) is 0 Å². The third-order valence-corrected chi connectivity index (χ3v) is 4.61. The molecule has 1 amide bonds. The predicted octanol–water partition coefficient (Wildman–Crippen LogP) is 4.31. The third kappa shape index (κ3) is 6.31. The zero-order chi connectivity index (χ0) is 22.4. The number of nitrogens with one attached hydrogen (secondary N) is 2. The summed E-state index contributed by atoms with van der Waals surface area (Å²) in [6, 6.07) is 5.83. The van der Waals surface area contributed by atoms with Crippen molar-refractivity contribution in [3.8, 4) is 0 Å². The molecule has 7 nitrogen and oxygen atoms in total. The first-order valence-electron chi connectivity index (χ1n) is 9.00. The minimum absolute atomic E-state index is 0.0596. The van der Waals surface area contributed by atoms with Crippen molar-refractivity contribution in [3.63, 3.8) is 0 Å². The van der Waals surface area contributed by atoms with E-state index < -0.39 is 30.2 Å². The zero-order valence-corrected chi connectivity index (χ0v) is 17.7. The number of aryl methyl sites for hydroxylation is 1. The molecule has 10 heteroatoms. The molecule has 0 spiro atoms. The first-order chi connectivity index (χ1) is 14.1. The number of anilines is 1. The van der Waals surface area contributed by atoms with Crippen molar-refractivity contribution in [3.05, 3.63) is 46.8 Å². The first-order valence-corrected chi connectivity index (χ1v) is 9.88.